The van der Waals surface area contributed by atoms with Gasteiger partial charge in [-0.1, -0.05) is 25.0 Å². The van der Waals surface area contributed by atoms with E-state index in [1.54, 1.807) is 0 Å². The van der Waals surface area contributed by atoms with Crippen molar-refractivity contribution in [3.8, 4) is 0 Å². The lowest BCUT2D eigenvalue weighted by molar-refractivity contribution is -0.120. The molecule has 4 heteroatoms. The summed E-state index contributed by atoms with van der Waals surface area (Å²) in [6, 6.07) is 8.09. The van der Waals surface area contributed by atoms with Gasteiger partial charge in [-0.3, -0.25) is 4.79 Å². The van der Waals surface area contributed by atoms with Crippen LogP contribution in [-0.4, -0.2) is 24.5 Å². The fourth-order valence-corrected chi connectivity index (χ4v) is 3.47. The minimum absolute atomic E-state index is 0.0236. The molecule has 1 aliphatic heterocycles. The Morgan fingerprint density at radius 1 is 1.05 bits per heavy atom. The van der Waals surface area contributed by atoms with Crippen LogP contribution in [0.5, 0.6) is 0 Å². The quantitative estimate of drug-likeness (QED) is 0.898. The van der Waals surface area contributed by atoms with Crippen LogP contribution in [0.2, 0.25) is 0 Å². The number of para-hydroxylation sites is 2. The number of benzene rings is 1. The molecule has 0 radical (unpaired) electrons. The molecule has 4 nitrogen and oxygen atoms in total. The predicted octanol–water partition coefficient (Wildman–Crippen LogP) is 2.89. The van der Waals surface area contributed by atoms with E-state index in [4.69, 9.17) is 5.73 Å². The lowest BCUT2D eigenvalue weighted by Gasteiger charge is -2.31. The lowest BCUT2D eigenvalue weighted by Crippen LogP contribution is -2.48. The van der Waals surface area contributed by atoms with Crippen molar-refractivity contribution in [2.75, 3.05) is 23.3 Å². The molecule has 1 amide bonds. The maximum Gasteiger partial charge on any atom is 0.244 e. The predicted molar refractivity (Wildman–Crippen MR) is 86.5 cm³/mol. The van der Waals surface area contributed by atoms with Crippen molar-refractivity contribution < 1.29 is 4.79 Å². The van der Waals surface area contributed by atoms with Crippen LogP contribution in [0, 0.1) is 0 Å². The van der Waals surface area contributed by atoms with Gasteiger partial charge in [-0.2, -0.15) is 0 Å². The minimum Gasteiger partial charge on any atom is -0.370 e. The highest BCUT2D eigenvalue weighted by Crippen LogP contribution is 2.32. The molecule has 0 bridgehead atoms. The van der Waals surface area contributed by atoms with Crippen LogP contribution in [0.1, 0.15) is 44.9 Å². The summed E-state index contributed by atoms with van der Waals surface area (Å²) in [5.74, 6) is -0.0236. The first-order valence-corrected chi connectivity index (χ1v) is 8.13. The maximum absolute atomic E-state index is 12.5. The highest BCUT2D eigenvalue weighted by molar-refractivity contribution is 6.00. The standard InChI is InChI=1S/C17H25N3O/c18-17(10-4-5-11-17)16(21)19-14-8-2-3-9-15(14)20-12-6-1-7-13-20/h2-3,8-9H,1,4-7,10-13,18H2,(H,19,21). The average molecular weight is 287 g/mol. The van der Waals surface area contributed by atoms with Gasteiger partial charge in [0, 0.05) is 13.1 Å². The Labute approximate surface area is 126 Å². The molecular weight excluding hydrogens is 262 g/mol. The van der Waals surface area contributed by atoms with E-state index in [2.05, 4.69) is 16.3 Å². The number of rotatable bonds is 3. The molecule has 1 aromatic carbocycles. The number of nitrogens with two attached hydrogens (primary N) is 1. The van der Waals surface area contributed by atoms with Crippen molar-refractivity contribution in [1.29, 1.82) is 0 Å². The average Bonchev–Trinajstić information content (AvgIpc) is 2.97. The molecule has 21 heavy (non-hydrogen) atoms. The summed E-state index contributed by atoms with van der Waals surface area (Å²) in [6.07, 6.45) is 7.45. The molecule has 0 aromatic heterocycles. The fraction of sp³-hybridized carbons (Fsp3) is 0.588. The van der Waals surface area contributed by atoms with Gasteiger partial charge in [-0.25, -0.2) is 0 Å². The summed E-state index contributed by atoms with van der Waals surface area (Å²) in [7, 11) is 0. The van der Waals surface area contributed by atoms with E-state index in [1.165, 1.54) is 19.3 Å². The molecule has 1 saturated heterocycles. The van der Waals surface area contributed by atoms with Crippen molar-refractivity contribution >= 4 is 17.3 Å². The van der Waals surface area contributed by atoms with Gasteiger partial charge in [0.2, 0.25) is 5.91 Å². The molecule has 3 N–H and O–H groups in total. The van der Waals surface area contributed by atoms with E-state index in [0.29, 0.717) is 0 Å². The van der Waals surface area contributed by atoms with Crippen LogP contribution in [-0.2, 0) is 4.79 Å². The smallest absolute Gasteiger partial charge is 0.244 e. The van der Waals surface area contributed by atoms with Gasteiger partial charge in [-0.05, 0) is 44.2 Å². The number of anilines is 2. The lowest BCUT2D eigenvalue weighted by atomic mass is 9.98. The van der Waals surface area contributed by atoms with Crippen LogP contribution in [0.15, 0.2) is 24.3 Å². The Balaban J connectivity index is 1.77. The second-order valence-corrected chi connectivity index (χ2v) is 6.38. The highest BCUT2D eigenvalue weighted by atomic mass is 16.2. The molecule has 0 spiro atoms. The monoisotopic (exact) mass is 287 g/mol. The number of piperidine rings is 1. The van der Waals surface area contributed by atoms with Crippen molar-refractivity contribution in [1.82, 2.24) is 0 Å². The molecule has 1 aromatic rings. The highest BCUT2D eigenvalue weighted by Gasteiger charge is 2.37. The van der Waals surface area contributed by atoms with E-state index in [1.807, 2.05) is 18.2 Å². The molecule has 1 aliphatic carbocycles. The zero-order chi connectivity index (χ0) is 14.7. The summed E-state index contributed by atoms with van der Waals surface area (Å²) in [4.78, 5) is 14.9. The third-order valence-electron chi connectivity index (χ3n) is 4.80. The second kappa shape index (κ2) is 6.06. The topological polar surface area (TPSA) is 58.4 Å². The van der Waals surface area contributed by atoms with Gasteiger partial charge in [0.15, 0.2) is 0 Å². The Bertz CT molecular complexity index is 503. The number of nitrogens with zero attached hydrogens (tertiary/aromatic N) is 1. The molecule has 0 atom stereocenters. The zero-order valence-electron chi connectivity index (χ0n) is 12.6. The third kappa shape index (κ3) is 3.05. The Hall–Kier alpha value is -1.55. The number of carbonyl (C=O) groups is 1. The SMILES string of the molecule is NC1(C(=O)Nc2ccccc2N2CCCCC2)CCCC1. The van der Waals surface area contributed by atoms with Crippen LogP contribution in [0.3, 0.4) is 0 Å². The van der Waals surface area contributed by atoms with Crippen molar-refractivity contribution in [2.45, 2.75) is 50.5 Å². The number of carbonyl (C=O) groups excluding carboxylic acids is 1. The minimum atomic E-state index is -0.672. The molecule has 114 valence electrons. The van der Waals surface area contributed by atoms with Crippen LogP contribution >= 0.6 is 0 Å². The summed E-state index contributed by atoms with van der Waals surface area (Å²) in [5, 5.41) is 3.08. The summed E-state index contributed by atoms with van der Waals surface area (Å²) in [6.45, 7) is 2.14. The second-order valence-electron chi connectivity index (χ2n) is 6.38. The van der Waals surface area contributed by atoms with Gasteiger partial charge in [0.05, 0.1) is 16.9 Å². The molecular formula is C17H25N3O. The summed E-state index contributed by atoms with van der Waals surface area (Å²) in [5.41, 5.74) is 7.62. The van der Waals surface area contributed by atoms with Gasteiger partial charge in [0.25, 0.3) is 0 Å². The van der Waals surface area contributed by atoms with Crippen LogP contribution in [0.4, 0.5) is 11.4 Å². The first-order chi connectivity index (χ1) is 10.2. The van der Waals surface area contributed by atoms with Crippen molar-refractivity contribution in [3.05, 3.63) is 24.3 Å². The van der Waals surface area contributed by atoms with Gasteiger partial charge < -0.3 is 16.0 Å². The van der Waals surface area contributed by atoms with Crippen LogP contribution < -0.4 is 16.0 Å². The Kier molecular flexibility index (Phi) is 4.15. The van der Waals surface area contributed by atoms with Crippen molar-refractivity contribution in [3.63, 3.8) is 0 Å². The van der Waals surface area contributed by atoms with E-state index in [-0.39, 0.29) is 5.91 Å². The molecule has 1 saturated carbocycles. The summed E-state index contributed by atoms with van der Waals surface area (Å²) >= 11 is 0. The molecule has 1 heterocycles. The third-order valence-corrected chi connectivity index (χ3v) is 4.80. The van der Waals surface area contributed by atoms with Gasteiger partial charge >= 0.3 is 0 Å². The molecule has 2 fully saturated rings. The van der Waals surface area contributed by atoms with E-state index >= 15 is 0 Å². The largest absolute Gasteiger partial charge is 0.370 e. The van der Waals surface area contributed by atoms with Gasteiger partial charge in [0.1, 0.15) is 0 Å². The van der Waals surface area contributed by atoms with Crippen LogP contribution in [0.25, 0.3) is 0 Å². The first kappa shape index (κ1) is 14.4. The van der Waals surface area contributed by atoms with E-state index in [9.17, 15) is 4.79 Å². The van der Waals surface area contributed by atoms with E-state index in [0.717, 1.165) is 50.1 Å². The number of nitrogens with one attached hydrogen (secondary N) is 1. The normalized spacial score (nSPS) is 21.3. The molecule has 2 aliphatic rings. The van der Waals surface area contributed by atoms with E-state index < -0.39 is 5.54 Å². The fourth-order valence-electron chi connectivity index (χ4n) is 3.47. The molecule has 0 unspecified atom stereocenters. The number of amides is 1. The molecule has 3 rings (SSSR count). The first-order valence-electron chi connectivity index (χ1n) is 8.13. The number of hydrogen-bond donors (Lipinski definition) is 2. The Morgan fingerprint density at radius 3 is 2.43 bits per heavy atom. The Morgan fingerprint density at radius 2 is 1.71 bits per heavy atom. The maximum atomic E-state index is 12.5. The van der Waals surface area contributed by atoms with Crippen molar-refractivity contribution in [2.24, 2.45) is 5.73 Å². The van der Waals surface area contributed by atoms with Gasteiger partial charge in [-0.15, -0.1) is 0 Å². The zero-order valence-corrected chi connectivity index (χ0v) is 12.6. The number of hydrogen-bond acceptors (Lipinski definition) is 3. The summed E-state index contributed by atoms with van der Waals surface area (Å²) < 4.78 is 0.